The summed E-state index contributed by atoms with van der Waals surface area (Å²) in [6.07, 6.45) is 1.89. The van der Waals surface area contributed by atoms with E-state index in [4.69, 9.17) is 44.4 Å². The molecule has 1 fully saturated rings. The highest BCUT2D eigenvalue weighted by molar-refractivity contribution is 6.43. The molecule has 4 nitrogen and oxygen atoms in total. The Hall–Kier alpha value is -0.680. The lowest BCUT2D eigenvalue weighted by Gasteiger charge is -2.25. The predicted octanol–water partition coefficient (Wildman–Crippen LogP) is 3.58. The maximum Gasteiger partial charge on any atom is 0.283 e. The van der Waals surface area contributed by atoms with Gasteiger partial charge in [-0.3, -0.25) is 9.63 Å². The number of ether oxygens (including phenoxy) is 1. The van der Waals surface area contributed by atoms with Gasteiger partial charge in [0, 0.05) is 12.6 Å². The molecule has 19 heavy (non-hydrogen) atoms. The van der Waals surface area contributed by atoms with Crippen LogP contribution in [0.25, 0.3) is 0 Å². The summed E-state index contributed by atoms with van der Waals surface area (Å²) in [6, 6.07) is 2.96. The molecule has 0 N–H and O–H groups in total. The molecule has 104 valence electrons. The van der Waals surface area contributed by atoms with Crippen molar-refractivity contribution in [2.24, 2.45) is 0 Å². The van der Waals surface area contributed by atoms with E-state index in [1.165, 1.54) is 17.2 Å². The van der Waals surface area contributed by atoms with E-state index >= 15 is 0 Å². The molecule has 1 heterocycles. The van der Waals surface area contributed by atoms with Crippen LogP contribution in [-0.2, 0) is 9.63 Å². The number of hydrogen-bond acceptors (Lipinski definition) is 3. The van der Waals surface area contributed by atoms with Crippen LogP contribution in [0.3, 0.4) is 0 Å². The minimum Gasteiger partial charge on any atom is -0.482 e. The largest absolute Gasteiger partial charge is 0.482 e. The van der Waals surface area contributed by atoms with Crippen LogP contribution >= 0.6 is 34.8 Å². The Labute approximate surface area is 126 Å². The fourth-order valence-electron chi connectivity index (χ4n) is 1.62. The summed E-state index contributed by atoms with van der Waals surface area (Å²) in [5.74, 6) is 0.0725. The van der Waals surface area contributed by atoms with Gasteiger partial charge in [-0.15, -0.1) is 0 Å². The molecule has 2 rings (SSSR count). The fourth-order valence-corrected chi connectivity index (χ4v) is 2.21. The van der Waals surface area contributed by atoms with Crippen LogP contribution in [0.4, 0.5) is 0 Å². The smallest absolute Gasteiger partial charge is 0.283 e. The highest BCUT2D eigenvalue weighted by Crippen LogP contribution is 2.33. The Balaban J connectivity index is 1.94. The zero-order valence-electron chi connectivity index (χ0n) is 10.00. The fraction of sp³-hybridized carbons (Fsp3) is 0.417. The van der Waals surface area contributed by atoms with Crippen LogP contribution in [0.5, 0.6) is 5.75 Å². The molecule has 0 radical (unpaired) electrons. The summed E-state index contributed by atoms with van der Waals surface area (Å²) in [7, 11) is 0. The molecule has 0 aromatic heterocycles. The number of rotatable bonds is 3. The van der Waals surface area contributed by atoms with Crippen molar-refractivity contribution in [1.29, 1.82) is 0 Å². The van der Waals surface area contributed by atoms with Gasteiger partial charge in [0.2, 0.25) is 0 Å². The van der Waals surface area contributed by atoms with Crippen molar-refractivity contribution in [3.8, 4) is 5.75 Å². The molecule has 7 heteroatoms. The number of halogens is 3. The Kier molecular flexibility index (Phi) is 5.16. The number of hydroxylamine groups is 2. The highest BCUT2D eigenvalue weighted by atomic mass is 35.5. The third kappa shape index (κ3) is 3.89. The topological polar surface area (TPSA) is 38.8 Å². The molecule has 0 aliphatic carbocycles. The quantitative estimate of drug-likeness (QED) is 0.798. The van der Waals surface area contributed by atoms with Crippen molar-refractivity contribution in [1.82, 2.24) is 5.06 Å². The first-order chi connectivity index (χ1) is 9.08. The number of amides is 1. The zero-order valence-corrected chi connectivity index (χ0v) is 12.3. The molecular weight excluding hydrogens is 312 g/mol. The van der Waals surface area contributed by atoms with E-state index < -0.39 is 0 Å². The SMILES string of the molecule is O=C(COc1cc(Cl)c(Cl)cc1Cl)N1CCCCO1. The molecule has 1 aliphatic heterocycles. The van der Waals surface area contributed by atoms with E-state index in [0.29, 0.717) is 34.0 Å². The number of nitrogens with zero attached hydrogens (tertiary/aromatic N) is 1. The molecule has 1 saturated heterocycles. The van der Waals surface area contributed by atoms with Gasteiger partial charge < -0.3 is 4.74 Å². The molecule has 0 saturated carbocycles. The second-order valence-electron chi connectivity index (χ2n) is 4.02. The van der Waals surface area contributed by atoms with Crippen LogP contribution in [0.2, 0.25) is 15.1 Å². The monoisotopic (exact) mass is 323 g/mol. The van der Waals surface area contributed by atoms with E-state index in [1.54, 1.807) is 0 Å². The lowest BCUT2D eigenvalue weighted by molar-refractivity contribution is -0.198. The van der Waals surface area contributed by atoms with Gasteiger partial charge in [-0.05, 0) is 18.9 Å². The van der Waals surface area contributed by atoms with Gasteiger partial charge in [0.15, 0.2) is 6.61 Å². The summed E-state index contributed by atoms with van der Waals surface area (Å²) >= 11 is 17.6. The molecule has 1 aromatic rings. The van der Waals surface area contributed by atoms with E-state index in [2.05, 4.69) is 0 Å². The van der Waals surface area contributed by atoms with Gasteiger partial charge in [0.25, 0.3) is 5.91 Å². The van der Waals surface area contributed by atoms with Crippen LogP contribution < -0.4 is 4.74 Å². The van der Waals surface area contributed by atoms with E-state index in [0.717, 1.165) is 12.8 Å². The predicted molar refractivity (Wildman–Crippen MR) is 73.9 cm³/mol. The minimum atomic E-state index is -0.248. The van der Waals surface area contributed by atoms with Gasteiger partial charge in [-0.1, -0.05) is 34.8 Å². The van der Waals surface area contributed by atoms with Crippen LogP contribution in [0.1, 0.15) is 12.8 Å². The van der Waals surface area contributed by atoms with Gasteiger partial charge in [-0.2, -0.15) is 0 Å². The van der Waals surface area contributed by atoms with E-state index in [-0.39, 0.29) is 12.5 Å². The number of carbonyl (C=O) groups excluding carboxylic acids is 1. The summed E-state index contributed by atoms with van der Waals surface area (Å²) < 4.78 is 5.34. The standard InChI is InChI=1S/C12H12Cl3NO3/c13-8-5-10(15)11(6-9(8)14)18-7-12(17)16-3-1-2-4-19-16/h5-6H,1-4,7H2. The molecule has 0 atom stereocenters. The second kappa shape index (κ2) is 6.66. The Morgan fingerprint density at radius 2 is 1.95 bits per heavy atom. The van der Waals surface area contributed by atoms with Crippen molar-refractivity contribution in [3.63, 3.8) is 0 Å². The Bertz CT molecular complexity index is 476. The summed E-state index contributed by atoms with van der Waals surface area (Å²) in [4.78, 5) is 17.0. The maximum absolute atomic E-state index is 11.8. The normalized spacial score (nSPS) is 15.4. The average molecular weight is 325 g/mol. The van der Waals surface area contributed by atoms with Crippen molar-refractivity contribution in [2.45, 2.75) is 12.8 Å². The first-order valence-corrected chi connectivity index (χ1v) is 6.92. The van der Waals surface area contributed by atoms with E-state index in [9.17, 15) is 4.79 Å². The minimum absolute atomic E-state index is 0.155. The Morgan fingerprint density at radius 3 is 2.63 bits per heavy atom. The van der Waals surface area contributed by atoms with Gasteiger partial charge in [-0.25, -0.2) is 5.06 Å². The molecule has 1 aliphatic rings. The van der Waals surface area contributed by atoms with Gasteiger partial charge in [0.05, 0.1) is 21.7 Å². The molecule has 0 spiro atoms. The number of hydrogen-bond donors (Lipinski definition) is 0. The van der Waals surface area contributed by atoms with Crippen LogP contribution in [0.15, 0.2) is 12.1 Å². The highest BCUT2D eigenvalue weighted by Gasteiger charge is 2.18. The molecule has 0 bridgehead atoms. The van der Waals surface area contributed by atoms with Crippen molar-refractivity contribution in [2.75, 3.05) is 19.8 Å². The molecular formula is C12H12Cl3NO3. The molecule has 0 unspecified atom stereocenters. The molecule has 1 amide bonds. The van der Waals surface area contributed by atoms with Gasteiger partial charge in [0.1, 0.15) is 5.75 Å². The molecule has 1 aromatic carbocycles. The maximum atomic E-state index is 11.8. The van der Waals surface area contributed by atoms with Crippen molar-refractivity contribution < 1.29 is 14.4 Å². The van der Waals surface area contributed by atoms with Crippen molar-refractivity contribution >= 4 is 40.7 Å². The first-order valence-electron chi connectivity index (χ1n) is 5.78. The number of carbonyl (C=O) groups is 1. The number of benzene rings is 1. The van der Waals surface area contributed by atoms with Crippen LogP contribution in [0, 0.1) is 0 Å². The summed E-state index contributed by atoms with van der Waals surface area (Å²) in [5.41, 5.74) is 0. The summed E-state index contributed by atoms with van der Waals surface area (Å²) in [6.45, 7) is 0.980. The van der Waals surface area contributed by atoms with Crippen molar-refractivity contribution in [3.05, 3.63) is 27.2 Å². The zero-order chi connectivity index (χ0) is 13.8. The Morgan fingerprint density at radius 1 is 1.21 bits per heavy atom. The average Bonchev–Trinajstić information content (AvgIpc) is 2.42. The third-order valence-corrected chi connectivity index (χ3v) is 3.62. The lowest BCUT2D eigenvalue weighted by Crippen LogP contribution is -2.38. The third-order valence-electron chi connectivity index (χ3n) is 2.61. The lowest BCUT2D eigenvalue weighted by atomic mass is 10.3. The van der Waals surface area contributed by atoms with Crippen LogP contribution in [-0.4, -0.2) is 30.7 Å². The summed E-state index contributed by atoms with van der Waals surface area (Å²) in [5, 5.41) is 2.28. The first kappa shape index (κ1) is 14.7. The van der Waals surface area contributed by atoms with Gasteiger partial charge >= 0.3 is 0 Å². The second-order valence-corrected chi connectivity index (χ2v) is 5.24. The van der Waals surface area contributed by atoms with E-state index in [1.807, 2.05) is 0 Å².